The van der Waals surface area contributed by atoms with Crippen molar-refractivity contribution in [1.29, 1.82) is 0 Å². The molecular weight excluding hydrogens is 275 g/mol. The molecule has 17 heavy (non-hydrogen) atoms. The summed E-state index contributed by atoms with van der Waals surface area (Å²) in [7, 11) is 0. The van der Waals surface area contributed by atoms with Crippen LogP contribution in [0.2, 0.25) is 5.02 Å². The Labute approximate surface area is 107 Å². The number of hydrogen-bond donors (Lipinski definition) is 0. The lowest BCUT2D eigenvalue weighted by Gasteiger charge is -2.11. The smallest absolute Gasteiger partial charge is 0.341 e. The summed E-state index contributed by atoms with van der Waals surface area (Å²) < 4.78 is 30.2. The predicted molar refractivity (Wildman–Crippen MR) is 59.7 cm³/mol. The quantitative estimate of drug-likeness (QED) is 0.626. The second kappa shape index (κ2) is 6.12. The normalized spacial score (nSPS) is 10.7. The number of aromatic nitrogens is 1. The average Bonchev–Trinajstić information content (AvgIpc) is 2.27. The topological polar surface area (TPSA) is 39.2 Å². The third-order valence-corrected chi connectivity index (χ3v) is 2.63. The minimum absolute atomic E-state index is 0.0419. The molecule has 0 radical (unpaired) electrons. The largest absolute Gasteiger partial charge is 0.462 e. The highest BCUT2D eigenvalue weighted by molar-refractivity contribution is 6.34. The Bertz CT molecular complexity index is 427. The van der Waals surface area contributed by atoms with Gasteiger partial charge in [0.1, 0.15) is 0 Å². The summed E-state index contributed by atoms with van der Waals surface area (Å²) in [6.07, 6.45) is -1.76. The van der Waals surface area contributed by atoms with E-state index in [1.54, 1.807) is 6.92 Å². The number of alkyl halides is 3. The zero-order chi connectivity index (χ0) is 13.0. The van der Waals surface area contributed by atoms with Gasteiger partial charge in [0, 0.05) is 6.20 Å². The molecule has 1 rings (SSSR count). The van der Waals surface area contributed by atoms with Gasteiger partial charge in [0.15, 0.2) is 0 Å². The third-order valence-electron chi connectivity index (χ3n) is 1.97. The number of ether oxygens (including phenoxy) is 1. The molecule has 1 aromatic heterocycles. The van der Waals surface area contributed by atoms with Gasteiger partial charge < -0.3 is 4.74 Å². The number of rotatable bonds is 4. The Morgan fingerprint density at radius 1 is 1.59 bits per heavy atom. The van der Waals surface area contributed by atoms with Crippen LogP contribution in [-0.2, 0) is 10.6 Å². The second-order valence-corrected chi connectivity index (χ2v) is 3.65. The summed E-state index contributed by atoms with van der Waals surface area (Å²) in [5.41, 5.74) is -0.746. The standard InChI is InChI=1S/C10H9Cl2F2NO2/c1-2-17-10(16)5-4-15-6(3-11)7(8(5)12)9(13)14/h4,9H,2-3H2,1H3. The highest BCUT2D eigenvalue weighted by Gasteiger charge is 2.24. The first-order valence-electron chi connectivity index (χ1n) is 4.71. The zero-order valence-corrected chi connectivity index (χ0v) is 10.4. The fourth-order valence-electron chi connectivity index (χ4n) is 1.22. The number of hydrogen-bond acceptors (Lipinski definition) is 3. The number of pyridine rings is 1. The fourth-order valence-corrected chi connectivity index (χ4v) is 1.75. The lowest BCUT2D eigenvalue weighted by atomic mass is 10.1. The Hall–Kier alpha value is -0.940. The summed E-state index contributed by atoms with van der Waals surface area (Å²) >= 11 is 11.2. The number of carbonyl (C=O) groups is 1. The third kappa shape index (κ3) is 3.04. The molecule has 0 spiro atoms. The molecule has 7 heteroatoms. The van der Waals surface area contributed by atoms with Crippen LogP contribution >= 0.6 is 23.2 Å². The van der Waals surface area contributed by atoms with E-state index < -0.39 is 18.0 Å². The summed E-state index contributed by atoms with van der Waals surface area (Å²) in [4.78, 5) is 15.1. The van der Waals surface area contributed by atoms with Crippen molar-refractivity contribution in [3.05, 3.63) is 28.0 Å². The lowest BCUT2D eigenvalue weighted by Crippen LogP contribution is -2.09. The molecule has 0 fully saturated rings. The highest BCUT2D eigenvalue weighted by atomic mass is 35.5. The molecule has 0 saturated heterocycles. The van der Waals surface area contributed by atoms with Crippen LogP contribution < -0.4 is 0 Å². The zero-order valence-electron chi connectivity index (χ0n) is 8.84. The maximum absolute atomic E-state index is 12.8. The minimum Gasteiger partial charge on any atom is -0.462 e. The van der Waals surface area contributed by atoms with Crippen molar-refractivity contribution in [3.63, 3.8) is 0 Å². The van der Waals surface area contributed by atoms with Crippen LogP contribution in [0.5, 0.6) is 0 Å². The van der Waals surface area contributed by atoms with Gasteiger partial charge in [-0.15, -0.1) is 11.6 Å². The Balaban J connectivity index is 3.27. The van der Waals surface area contributed by atoms with Gasteiger partial charge in [-0.3, -0.25) is 4.98 Å². The van der Waals surface area contributed by atoms with E-state index in [1.165, 1.54) is 0 Å². The van der Waals surface area contributed by atoms with Gasteiger partial charge in [-0.2, -0.15) is 0 Å². The molecule has 0 aliphatic heterocycles. The van der Waals surface area contributed by atoms with Gasteiger partial charge >= 0.3 is 5.97 Å². The molecule has 1 aromatic rings. The van der Waals surface area contributed by atoms with Gasteiger partial charge in [-0.25, -0.2) is 13.6 Å². The molecule has 0 aromatic carbocycles. The van der Waals surface area contributed by atoms with E-state index in [4.69, 9.17) is 23.2 Å². The predicted octanol–water partition coefficient (Wildman–Crippen LogP) is 3.59. The number of halogens is 4. The van der Waals surface area contributed by atoms with Crippen LogP contribution in [-0.4, -0.2) is 17.6 Å². The van der Waals surface area contributed by atoms with Crippen molar-refractivity contribution in [2.45, 2.75) is 19.2 Å². The van der Waals surface area contributed by atoms with Crippen molar-refractivity contribution in [2.75, 3.05) is 6.61 Å². The van der Waals surface area contributed by atoms with Gasteiger partial charge in [-0.05, 0) is 6.92 Å². The molecule has 0 amide bonds. The highest BCUT2D eigenvalue weighted by Crippen LogP contribution is 2.32. The van der Waals surface area contributed by atoms with E-state index in [0.717, 1.165) is 6.20 Å². The first kappa shape index (κ1) is 14.1. The molecule has 94 valence electrons. The van der Waals surface area contributed by atoms with E-state index in [9.17, 15) is 13.6 Å². The molecule has 0 N–H and O–H groups in total. The second-order valence-electron chi connectivity index (χ2n) is 3.00. The molecule has 0 unspecified atom stereocenters. The van der Waals surface area contributed by atoms with Crippen LogP contribution in [0.4, 0.5) is 8.78 Å². The monoisotopic (exact) mass is 283 g/mol. The van der Waals surface area contributed by atoms with Crippen LogP contribution in [0.3, 0.4) is 0 Å². The van der Waals surface area contributed by atoms with Gasteiger partial charge in [0.25, 0.3) is 6.43 Å². The summed E-state index contributed by atoms with van der Waals surface area (Å²) in [5.74, 6) is -0.990. The van der Waals surface area contributed by atoms with E-state index in [0.29, 0.717) is 0 Å². The van der Waals surface area contributed by atoms with E-state index in [2.05, 4.69) is 9.72 Å². The Kier molecular flexibility index (Phi) is 5.08. The summed E-state index contributed by atoms with van der Waals surface area (Å²) in [6.45, 7) is 1.72. The first-order chi connectivity index (χ1) is 8.02. The molecule has 1 heterocycles. The summed E-state index contributed by atoms with van der Waals surface area (Å²) in [5, 5.41) is -0.357. The fraction of sp³-hybridized carbons (Fsp3) is 0.400. The molecule has 0 bridgehead atoms. The van der Waals surface area contributed by atoms with Crippen molar-refractivity contribution in [3.8, 4) is 0 Å². The molecule has 3 nitrogen and oxygen atoms in total. The molecule has 0 saturated carbocycles. The van der Waals surface area contributed by atoms with Crippen molar-refractivity contribution in [1.82, 2.24) is 4.98 Å². The Morgan fingerprint density at radius 2 is 2.24 bits per heavy atom. The average molecular weight is 284 g/mol. The summed E-state index contributed by atoms with van der Waals surface area (Å²) in [6, 6.07) is 0. The van der Waals surface area contributed by atoms with E-state index in [1.807, 2.05) is 0 Å². The van der Waals surface area contributed by atoms with Crippen LogP contribution in [0.25, 0.3) is 0 Å². The van der Waals surface area contributed by atoms with Crippen molar-refractivity contribution in [2.24, 2.45) is 0 Å². The van der Waals surface area contributed by atoms with Crippen LogP contribution in [0, 0.1) is 0 Å². The van der Waals surface area contributed by atoms with Gasteiger partial charge in [-0.1, -0.05) is 11.6 Å². The van der Waals surface area contributed by atoms with E-state index >= 15 is 0 Å². The number of carbonyl (C=O) groups excluding carboxylic acids is 1. The molecule has 0 aliphatic rings. The van der Waals surface area contributed by atoms with E-state index in [-0.39, 0.29) is 28.8 Å². The first-order valence-corrected chi connectivity index (χ1v) is 5.62. The van der Waals surface area contributed by atoms with Crippen molar-refractivity contribution < 1.29 is 18.3 Å². The number of esters is 1. The maximum Gasteiger partial charge on any atom is 0.341 e. The van der Waals surface area contributed by atoms with Crippen LogP contribution in [0.15, 0.2) is 6.20 Å². The SMILES string of the molecule is CCOC(=O)c1cnc(CCl)c(C(F)F)c1Cl. The lowest BCUT2D eigenvalue weighted by molar-refractivity contribution is 0.0525. The molecule has 0 aliphatic carbocycles. The molecular formula is C10H9Cl2F2NO2. The number of nitrogens with zero attached hydrogens (tertiary/aromatic N) is 1. The van der Waals surface area contributed by atoms with Gasteiger partial charge in [0.05, 0.1) is 34.3 Å². The maximum atomic E-state index is 12.8. The minimum atomic E-state index is -2.85. The van der Waals surface area contributed by atoms with Crippen molar-refractivity contribution >= 4 is 29.2 Å². The van der Waals surface area contributed by atoms with Gasteiger partial charge in [0.2, 0.25) is 0 Å². The Morgan fingerprint density at radius 3 is 2.71 bits per heavy atom. The molecule has 0 atom stereocenters. The van der Waals surface area contributed by atoms with Crippen LogP contribution in [0.1, 0.15) is 35.0 Å².